The number of fused-ring (bicyclic) bond motifs is 1. The van der Waals surface area contributed by atoms with E-state index in [9.17, 15) is 4.79 Å². The zero-order valence-electron chi connectivity index (χ0n) is 10.5. The Kier molecular flexibility index (Phi) is 2.89. The monoisotopic (exact) mass is 259 g/mol. The van der Waals surface area contributed by atoms with Crippen LogP contribution < -0.4 is 11.1 Å². The third-order valence-corrected chi connectivity index (χ3v) is 4.18. The Morgan fingerprint density at radius 3 is 2.63 bits per heavy atom. The Bertz CT molecular complexity index is 531. The Hall–Kier alpha value is -2.04. The van der Waals surface area contributed by atoms with Crippen molar-refractivity contribution in [1.82, 2.24) is 0 Å². The predicted octanol–water partition coefficient (Wildman–Crippen LogP) is 1.77. The van der Waals surface area contributed by atoms with Crippen LogP contribution in [-0.4, -0.2) is 17.0 Å². The van der Waals surface area contributed by atoms with Crippen LogP contribution in [0.2, 0.25) is 0 Å². The lowest BCUT2D eigenvalue weighted by atomic mass is 10.0. The average Bonchev–Trinajstić information content (AvgIpc) is 3.05. The first-order chi connectivity index (χ1) is 9.19. The first kappa shape index (κ1) is 12.0. The van der Waals surface area contributed by atoms with Crippen molar-refractivity contribution in [1.29, 1.82) is 0 Å². The molecular formula is C14H17N3O2. The normalized spacial score (nSPS) is 28.8. The maximum atomic E-state index is 12.2. The molecule has 100 valence electrons. The molecule has 0 radical (unpaired) electrons. The van der Waals surface area contributed by atoms with Crippen LogP contribution in [0, 0.1) is 17.8 Å². The molecule has 0 bridgehead atoms. The second-order valence-corrected chi connectivity index (χ2v) is 5.44. The van der Waals surface area contributed by atoms with Crippen molar-refractivity contribution in [2.24, 2.45) is 28.6 Å². The summed E-state index contributed by atoms with van der Waals surface area (Å²) in [5.41, 5.74) is 6.75. The van der Waals surface area contributed by atoms with Crippen LogP contribution in [0.5, 0.6) is 0 Å². The summed E-state index contributed by atoms with van der Waals surface area (Å²) < 4.78 is 0. The number of benzene rings is 1. The Labute approximate surface area is 111 Å². The molecule has 2 unspecified atom stereocenters. The number of nitrogens with zero attached hydrogens (tertiary/aromatic N) is 1. The second kappa shape index (κ2) is 4.57. The summed E-state index contributed by atoms with van der Waals surface area (Å²) in [4.78, 5) is 12.2. The summed E-state index contributed by atoms with van der Waals surface area (Å²) in [6.07, 6.45) is 3.30. The lowest BCUT2D eigenvalue weighted by Gasteiger charge is -2.14. The molecule has 2 fully saturated rings. The fraction of sp³-hybridized carbons (Fsp3) is 0.429. The number of anilines is 1. The van der Waals surface area contributed by atoms with Crippen molar-refractivity contribution < 1.29 is 10.0 Å². The number of rotatable bonds is 3. The van der Waals surface area contributed by atoms with Gasteiger partial charge >= 0.3 is 0 Å². The number of amides is 1. The standard InChI is InChI=1S/C14H17N3O2/c15-13(17-19)11-3-1-2-4-12(11)16-14(18)10-6-8-5-9(8)7-10/h1-4,8-10,19H,5-7H2,(H2,15,17)(H,16,18). The minimum atomic E-state index is 0.00479. The largest absolute Gasteiger partial charge is 0.409 e. The topological polar surface area (TPSA) is 87.7 Å². The van der Waals surface area contributed by atoms with Crippen LogP contribution >= 0.6 is 0 Å². The third-order valence-electron chi connectivity index (χ3n) is 4.18. The minimum absolute atomic E-state index is 0.00479. The molecule has 0 aliphatic heterocycles. The van der Waals surface area contributed by atoms with E-state index < -0.39 is 0 Å². The molecule has 1 aromatic carbocycles. The highest BCUT2D eigenvalue weighted by atomic mass is 16.4. The van der Waals surface area contributed by atoms with Gasteiger partial charge in [0.15, 0.2) is 5.84 Å². The van der Waals surface area contributed by atoms with Crippen LogP contribution in [0.1, 0.15) is 24.8 Å². The summed E-state index contributed by atoms with van der Waals surface area (Å²) in [6.45, 7) is 0. The zero-order valence-corrected chi connectivity index (χ0v) is 10.5. The van der Waals surface area contributed by atoms with Gasteiger partial charge in [0.1, 0.15) is 0 Å². The third kappa shape index (κ3) is 2.28. The zero-order chi connectivity index (χ0) is 13.4. The van der Waals surface area contributed by atoms with E-state index in [1.54, 1.807) is 18.2 Å². The van der Waals surface area contributed by atoms with Crippen LogP contribution in [0.15, 0.2) is 29.4 Å². The van der Waals surface area contributed by atoms with Crippen LogP contribution in [0.25, 0.3) is 0 Å². The molecule has 0 saturated heterocycles. The van der Waals surface area contributed by atoms with E-state index in [-0.39, 0.29) is 17.7 Å². The van der Waals surface area contributed by atoms with E-state index in [4.69, 9.17) is 10.9 Å². The Balaban J connectivity index is 1.74. The van der Waals surface area contributed by atoms with E-state index in [0.29, 0.717) is 11.3 Å². The summed E-state index contributed by atoms with van der Waals surface area (Å²) in [5.74, 6) is 1.71. The van der Waals surface area contributed by atoms with Crippen LogP contribution in [0.3, 0.4) is 0 Å². The van der Waals surface area contributed by atoms with Crippen molar-refractivity contribution in [2.75, 3.05) is 5.32 Å². The number of oxime groups is 1. The predicted molar refractivity (Wildman–Crippen MR) is 71.9 cm³/mol. The molecule has 0 heterocycles. The SMILES string of the molecule is NC(=NO)c1ccccc1NC(=O)C1CC2CC2C1. The number of amidine groups is 1. The number of hydrogen-bond acceptors (Lipinski definition) is 3. The van der Waals surface area contributed by atoms with E-state index in [1.165, 1.54) is 6.42 Å². The quantitative estimate of drug-likeness (QED) is 0.334. The number of nitrogens with two attached hydrogens (primary N) is 1. The summed E-state index contributed by atoms with van der Waals surface area (Å²) in [5, 5.41) is 14.6. The molecule has 2 atom stereocenters. The highest BCUT2D eigenvalue weighted by molar-refractivity contribution is 6.05. The fourth-order valence-corrected chi connectivity index (χ4v) is 3.03. The van der Waals surface area contributed by atoms with Gasteiger partial charge in [-0.05, 0) is 43.2 Å². The summed E-state index contributed by atoms with van der Waals surface area (Å²) in [6, 6.07) is 7.08. The Morgan fingerprint density at radius 2 is 1.95 bits per heavy atom. The van der Waals surface area contributed by atoms with Gasteiger partial charge in [-0.1, -0.05) is 17.3 Å². The van der Waals surface area contributed by atoms with Crippen molar-refractivity contribution >= 4 is 17.4 Å². The number of carbonyl (C=O) groups is 1. The summed E-state index contributed by atoms with van der Waals surface area (Å²) in [7, 11) is 0. The van der Waals surface area contributed by atoms with Gasteiger partial charge in [0.2, 0.25) is 5.91 Å². The van der Waals surface area contributed by atoms with Gasteiger partial charge in [-0.2, -0.15) is 0 Å². The molecule has 0 aromatic heterocycles. The molecule has 0 spiro atoms. The van der Waals surface area contributed by atoms with Gasteiger partial charge in [-0.25, -0.2) is 0 Å². The van der Waals surface area contributed by atoms with E-state index in [2.05, 4.69) is 10.5 Å². The molecule has 4 N–H and O–H groups in total. The highest BCUT2D eigenvalue weighted by Gasteiger charge is 2.48. The molecule has 2 aliphatic carbocycles. The van der Waals surface area contributed by atoms with E-state index in [1.807, 2.05) is 6.07 Å². The second-order valence-electron chi connectivity index (χ2n) is 5.44. The maximum Gasteiger partial charge on any atom is 0.227 e. The van der Waals surface area contributed by atoms with E-state index in [0.717, 1.165) is 24.7 Å². The molecule has 1 aromatic rings. The lowest BCUT2D eigenvalue weighted by Crippen LogP contribution is -2.24. The maximum absolute atomic E-state index is 12.2. The molecule has 5 nitrogen and oxygen atoms in total. The van der Waals surface area contributed by atoms with E-state index >= 15 is 0 Å². The molecule has 3 rings (SSSR count). The fourth-order valence-electron chi connectivity index (χ4n) is 3.03. The molecule has 19 heavy (non-hydrogen) atoms. The van der Waals surface area contributed by atoms with Gasteiger partial charge < -0.3 is 16.3 Å². The first-order valence-electron chi connectivity index (χ1n) is 6.57. The molecule has 5 heteroatoms. The van der Waals surface area contributed by atoms with Crippen molar-refractivity contribution in [2.45, 2.75) is 19.3 Å². The molecule has 2 saturated carbocycles. The van der Waals surface area contributed by atoms with Crippen molar-refractivity contribution in [3.63, 3.8) is 0 Å². The highest BCUT2D eigenvalue weighted by Crippen LogP contribution is 2.54. The van der Waals surface area contributed by atoms with Crippen molar-refractivity contribution in [3.8, 4) is 0 Å². The van der Waals surface area contributed by atoms with Gasteiger partial charge in [-0.15, -0.1) is 0 Å². The average molecular weight is 259 g/mol. The van der Waals surface area contributed by atoms with Gasteiger partial charge in [0.25, 0.3) is 0 Å². The number of para-hydroxylation sites is 1. The van der Waals surface area contributed by atoms with Crippen molar-refractivity contribution in [3.05, 3.63) is 29.8 Å². The smallest absolute Gasteiger partial charge is 0.227 e. The molecule has 1 amide bonds. The number of hydrogen-bond donors (Lipinski definition) is 3. The van der Waals surface area contributed by atoms with Gasteiger partial charge in [0.05, 0.1) is 5.69 Å². The molecular weight excluding hydrogens is 242 g/mol. The Morgan fingerprint density at radius 1 is 1.26 bits per heavy atom. The first-order valence-corrected chi connectivity index (χ1v) is 6.57. The molecule has 2 aliphatic rings. The van der Waals surface area contributed by atoms with Gasteiger partial charge in [0, 0.05) is 11.5 Å². The lowest BCUT2D eigenvalue weighted by molar-refractivity contribution is -0.120. The number of carbonyl (C=O) groups excluding carboxylic acids is 1. The van der Waals surface area contributed by atoms with Gasteiger partial charge in [-0.3, -0.25) is 4.79 Å². The minimum Gasteiger partial charge on any atom is -0.409 e. The van der Waals surface area contributed by atoms with Crippen LogP contribution in [-0.2, 0) is 4.79 Å². The summed E-state index contributed by atoms with van der Waals surface area (Å²) >= 11 is 0. The van der Waals surface area contributed by atoms with Crippen LogP contribution in [0.4, 0.5) is 5.69 Å². The number of nitrogens with one attached hydrogen (secondary N) is 1.